The molecule has 0 saturated carbocycles. The Morgan fingerprint density at radius 1 is 0.727 bits per heavy atom. The molecular formula is H12CoN7O3-4. The Kier molecular flexibility index (Phi) is 1560. The number of nitrogens with two attached hydrogens (primary N) is 6. The molecule has 0 aromatic carbocycles. The Hall–Kier alpha value is -0.534. The summed E-state index contributed by atoms with van der Waals surface area (Å²) >= 11 is 0. The van der Waals surface area contributed by atoms with Gasteiger partial charge in [0.25, 0.3) is 0 Å². The van der Waals surface area contributed by atoms with E-state index in [0.29, 0.717) is 0 Å². The third-order valence-corrected chi connectivity index (χ3v) is 0. The average molecular weight is 217 g/mol. The number of nitrogens with zero attached hydrogens (tertiary/aromatic N) is 1. The fraction of sp³-hybridized carbons (Fsp3) is 0. The molecule has 0 aromatic rings. The summed E-state index contributed by atoms with van der Waals surface area (Å²) in [5.74, 6) is 0. The minimum absolute atomic E-state index is 0. The normalized spacial score (nSPS) is 2.18. The van der Waals surface area contributed by atoms with Gasteiger partial charge in [0.2, 0.25) is 0 Å². The summed E-state index contributed by atoms with van der Waals surface area (Å²) in [6.07, 6.45) is 0. The van der Waals surface area contributed by atoms with Crippen LogP contribution in [0.15, 0.2) is 0 Å². The van der Waals surface area contributed by atoms with Gasteiger partial charge >= 0.3 is 16.8 Å². The van der Waals surface area contributed by atoms with E-state index in [1.54, 1.807) is 0 Å². The van der Waals surface area contributed by atoms with E-state index in [1.807, 2.05) is 0 Å². The Balaban J connectivity index is -0.00000000214. The second-order valence-electron chi connectivity index (χ2n) is 0.224. The molecule has 0 radical (unpaired) electrons. The van der Waals surface area contributed by atoms with E-state index in [2.05, 4.69) is 0 Å². The predicted octanol–water partition coefficient (Wildman–Crippen LogP) is 4.06. The Bertz CT molecular complexity index is 36.7. The van der Waals surface area contributed by atoms with Crippen molar-refractivity contribution in [2.75, 3.05) is 0 Å². The van der Waals surface area contributed by atoms with Crippen molar-refractivity contribution >= 4 is 0 Å². The zero-order chi connectivity index (χ0) is 3.58. The van der Waals surface area contributed by atoms with Crippen LogP contribution in [0.25, 0.3) is 36.9 Å². The second-order valence-corrected chi connectivity index (χ2v) is 0.224. The van der Waals surface area contributed by atoms with E-state index < -0.39 is 5.09 Å². The molecule has 78 valence electrons. The molecule has 11 heteroatoms. The van der Waals surface area contributed by atoms with E-state index in [4.69, 9.17) is 15.3 Å². The molecular weight excluding hydrogens is 205 g/mol. The molecule has 11 heavy (non-hydrogen) atoms. The molecule has 0 fully saturated rings. The van der Waals surface area contributed by atoms with Crippen molar-refractivity contribution in [2.24, 2.45) is 0 Å². The summed E-state index contributed by atoms with van der Waals surface area (Å²) in [5, 5.41) is 14.8. The van der Waals surface area contributed by atoms with Gasteiger partial charge in [0.1, 0.15) is 0 Å². The molecule has 0 bridgehead atoms. The van der Waals surface area contributed by atoms with Crippen LogP contribution in [-0.4, -0.2) is 5.09 Å². The van der Waals surface area contributed by atoms with Gasteiger partial charge in [-0.1, -0.05) is 0 Å². The van der Waals surface area contributed by atoms with Gasteiger partial charge in [0.05, 0.1) is 5.09 Å². The molecule has 0 aliphatic heterocycles. The van der Waals surface area contributed by atoms with Crippen LogP contribution in [-0.2, 0) is 16.8 Å². The summed E-state index contributed by atoms with van der Waals surface area (Å²) in [5.41, 5.74) is 0. The molecule has 0 aliphatic rings. The summed E-state index contributed by atoms with van der Waals surface area (Å²) in [6.45, 7) is 0. The van der Waals surface area contributed by atoms with Crippen LogP contribution in [0.1, 0.15) is 0 Å². The van der Waals surface area contributed by atoms with Gasteiger partial charge in [0, 0.05) is 0 Å². The largest absolute Gasteiger partial charge is 3.00 e. The van der Waals surface area contributed by atoms with Gasteiger partial charge < -0.3 is 52.2 Å². The van der Waals surface area contributed by atoms with E-state index in [1.165, 1.54) is 0 Å². The van der Waals surface area contributed by atoms with Crippen molar-refractivity contribution in [3.8, 4) is 0 Å². The summed E-state index contributed by atoms with van der Waals surface area (Å²) in [4.78, 5) is 8.25. The molecule has 0 atom stereocenters. The molecule has 0 aliphatic carbocycles. The van der Waals surface area contributed by atoms with Gasteiger partial charge in [-0.05, 0) is 0 Å². The van der Waals surface area contributed by atoms with Gasteiger partial charge in [-0.25, -0.2) is 0 Å². The third-order valence-electron chi connectivity index (χ3n) is 0. The first-order valence-electron chi connectivity index (χ1n) is 0.548. The molecule has 0 amide bonds. The minimum atomic E-state index is -1.75. The molecule has 0 heterocycles. The smallest absolute Gasteiger partial charge is 0.693 e. The Morgan fingerprint density at radius 2 is 0.727 bits per heavy atom. The maximum atomic E-state index is 8.25. The summed E-state index contributed by atoms with van der Waals surface area (Å²) < 4.78 is 0. The molecule has 12 N–H and O–H groups in total. The van der Waals surface area contributed by atoms with Crippen LogP contribution in [0, 0.1) is 15.3 Å². The fourth-order valence-corrected chi connectivity index (χ4v) is 0. The average Bonchev–Trinajstić information content (AvgIpc) is 0.811. The molecule has 0 spiro atoms. The number of hydrogen-bond donors (Lipinski definition) is 0. The SMILES string of the molecule is O=[N+]([O-])[O-].[Co+3].[NH2-].[NH2-].[NH2-].[NH2-].[NH2-].[NH2-]. The maximum absolute atomic E-state index is 8.25. The van der Waals surface area contributed by atoms with Gasteiger partial charge in [-0.15, -0.1) is 0 Å². The Morgan fingerprint density at radius 3 is 0.727 bits per heavy atom. The monoisotopic (exact) mass is 217 g/mol. The summed E-state index contributed by atoms with van der Waals surface area (Å²) in [7, 11) is 0. The Labute approximate surface area is 74.9 Å². The van der Waals surface area contributed by atoms with Crippen molar-refractivity contribution in [1.29, 1.82) is 0 Å². The van der Waals surface area contributed by atoms with E-state index >= 15 is 0 Å². The molecule has 0 unspecified atom stereocenters. The van der Waals surface area contributed by atoms with Crippen molar-refractivity contribution < 1.29 is 21.9 Å². The third kappa shape index (κ3) is 1850. The zero-order valence-electron chi connectivity index (χ0n) is 5.47. The minimum Gasteiger partial charge on any atom is -0.693 e. The first-order valence-corrected chi connectivity index (χ1v) is 0.548. The zero-order valence-corrected chi connectivity index (χ0v) is 6.51. The maximum Gasteiger partial charge on any atom is 3.00 e. The van der Waals surface area contributed by atoms with Crippen molar-refractivity contribution in [1.82, 2.24) is 0 Å². The van der Waals surface area contributed by atoms with Gasteiger partial charge in [-0.3, -0.25) is 0 Å². The predicted molar refractivity (Wildman–Crippen MR) is 42.1 cm³/mol. The summed E-state index contributed by atoms with van der Waals surface area (Å²) in [6, 6.07) is 0. The van der Waals surface area contributed by atoms with Crippen LogP contribution < -0.4 is 0 Å². The van der Waals surface area contributed by atoms with Crippen LogP contribution in [0.2, 0.25) is 0 Å². The number of rotatable bonds is 0. The van der Waals surface area contributed by atoms with Crippen LogP contribution in [0.5, 0.6) is 0 Å². The van der Waals surface area contributed by atoms with Gasteiger partial charge in [-0.2, -0.15) is 0 Å². The van der Waals surface area contributed by atoms with E-state index in [0.717, 1.165) is 0 Å². The topological polar surface area (TPSA) is 267 Å². The van der Waals surface area contributed by atoms with E-state index in [-0.39, 0.29) is 53.7 Å². The van der Waals surface area contributed by atoms with Crippen LogP contribution in [0.3, 0.4) is 0 Å². The van der Waals surface area contributed by atoms with Crippen molar-refractivity contribution in [2.45, 2.75) is 0 Å². The van der Waals surface area contributed by atoms with Crippen molar-refractivity contribution in [3.05, 3.63) is 52.2 Å². The molecule has 0 aromatic heterocycles. The van der Waals surface area contributed by atoms with E-state index in [9.17, 15) is 0 Å². The first kappa shape index (κ1) is 154. The quantitative estimate of drug-likeness (QED) is 0.428. The molecule has 0 saturated heterocycles. The number of hydrogen-bond acceptors (Lipinski definition) is 3. The van der Waals surface area contributed by atoms with Crippen LogP contribution in [0.4, 0.5) is 0 Å². The van der Waals surface area contributed by atoms with Crippen LogP contribution >= 0.6 is 0 Å². The first-order chi connectivity index (χ1) is 1.73. The molecule has 10 nitrogen and oxygen atoms in total. The standard InChI is InChI=1S/Co.NO3.6H2N/c;2-1(3)4;;;;;;/h;;6*1H2/q+3;7*-1. The van der Waals surface area contributed by atoms with Gasteiger partial charge in [0.15, 0.2) is 0 Å². The second kappa shape index (κ2) is 112. The molecule has 0 rings (SSSR count). The van der Waals surface area contributed by atoms with Crippen molar-refractivity contribution in [3.63, 3.8) is 0 Å². The fourth-order valence-electron chi connectivity index (χ4n) is 0.